The zero-order chi connectivity index (χ0) is 29.9. The van der Waals surface area contributed by atoms with Crippen LogP contribution in [0.4, 0.5) is 0 Å². The van der Waals surface area contributed by atoms with E-state index in [0.717, 1.165) is 37.9 Å². The van der Waals surface area contributed by atoms with Crippen molar-refractivity contribution < 1.29 is 31.8 Å². The first-order valence-corrected chi connectivity index (χ1v) is 15.5. The van der Waals surface area contributed by atoms with Gasteiger partial charge in [-0.05, 0) is 90.1 Å². The summed E-state index contributed by atoms with van der Waals surface area (Å²) >= 11 is 3.58. The predicted molar refractivity (Wildman–Crippen MR) is 162 cm³/mol. The minimum Gasteiger partial charge on any atom is -0.489 e. The SMILES string of the molecule is COC(=O)[C@H](NS(=O)(=O)c1ccc(-c2ccc(OCc3oc4ccc(Br)c(OC(C)C)c4c3C)cc2)cc1)C(C)C. The van der Waals surface area contributed by atoms with E-state index in [-0.39, 0.29) is 23.5 Å². The third-order valence-corrected chi connectivity index (χ3v) is 8.66. The maximum Gasteiger partial charge on any atom is 0.324 e. The summed E-state index contributed by atoms with van der Waals surface area (Å²) in [7, 11) is -2.68. The van der Waals surface area contributed by atoms with E-state index in [1.165, 1.54) is 19.2 Å². The van der Waals surface area contributed by atoms with E-state index < -0.39 is 22.0 Å². The number of hydrogen-bond donors (Lipinski definition) is 1. The van der Waals surface area contributed by atoms with Gasteiger partial charge in [0.25, 0.3) is 0 Å². The number of halogens is 1. The van der Waals surface area contributed by atoms with E-state index in [1.54, 1.807) is 26.0 Å². The van der Waals surface area contributed by atoms with Crippen LogP contribution in [0.15, 0.2) is 74.4 Å². The average Bonchev–Trinajstić information content (AvgIpc) is 3.27. The number of benzene rings is 3. The molecule has 4 rings (SSSR count). The topological polar surface area (TPSA) is 104 Å². The van der Waals surface area contributed by atoms with Crippen LogP contribution in [-0.4, -0.2) is 33.6 Å². The van der Waals surface area contributed by atoms with Crippen LogP contribution in [0.2, 0.25) is 0 Å². The van der Waals surface area contributed by atoms with Crippen molar-refractivity contribution in [3.63, 3.8) is 0 Å². The first kappa shape index (κ1) is 30.6. The molecule has 8 nitrogen and oxygen atoms in total. The minimum absolute atomic E-state index is 0.0190. The molecule has 0 aliphatic carbocycles. The van der Waals surface area contributed by atoms with Gasteiger partial charge >= 0.3 is 5.97 Å². The quantitative estimate of drug-likeness (QED) is 0.175. The van der Waals surface area contributed by atoms with E-state index in [2.05, 4.69) is 20.7 Å². The van der Waals surface area contributed by atoms with Gasteiger partial charge in [0.2, 0.25) is 10.0 Å². The van der Waals surface area contributed by atoms with Gasteiger partial charge in [-0.1, -0.05) is 38.1 Å². The summed E-state index contributed by atoms with van der Waals surface area (Å²) in [6.07, 6.45) is 0.0190. The predicted octanol–water partition coefficient (Wildman–Crippen LogP) is 7.01. The molecule has 0 bridgehead atoms. The summed E-state index contributed by atoms with van der Waals surface area (Å²) in [4.78, 5) is 12.1. The highest BCUT2D eigenvalue weighted by Crippen LogP contribution is 2.39. The van der Waals surface area contributed by atoms with E-state index in [0.29, 0.717) is 11.5 Å². The number of methoxy groups -OCH3 is 1. The second-order valence-corrected chi connectivity index (χ2v) is 12.8. The average molecular weight is 645 g/mol. The van der Waals surface area contributed by atoms with Crippen LogP contribution in [0.1, 0.15) is 39.0 Å². The number of aryl methyl sites for hydroxylation is 1. The smallest absolute Gasteiger partial charge is 0.324 e. The maximum absolute atomic E-state index is 12.9. The molecule has 0 fully saturated rings. The highest BCUT2D eigenvalue weighted by molar-refractivity contribution is 9.10. The molecule has 1 aromatic heterocycles. The Bertz CT molecular complexity index is 1630. The summed E-state index contributed by atoms with van der Waals surface area (Å²) < 4.78 is 51.9. The van der Waals surface area contributed by atoms with Gasteiger partial charge in [0.05, 0.1) is 28.0 Å². The number of ether oxygens (including phenoxy) is 3. The molecule has 0 saturated carbocycles. The summed E-state index contributed by atoms with van der Waals surface area (Å²) in [5.74, 6) is 1.24. The van der Waals surface area contributed by atoms with Crippen molar-refractivity contribution in [2.75, 3.05) is 7.11 Å². The lowest BCUT2D eigenvalue weighted by Gasteiger charge is -2.19. The molecule has 0 amide bonds. The van der Waals surface area contributed by atoms with Crippen LogP contribution < -0.4 is 14.2 Å². The minimum atomic E-state index is -3.91. The van der Waals surface area contributed by atoms with Gasteiger partial charge in [0, 0.05) is 5.56 Å². The molecule has 3 aromatic carbocycles. The maximum atomic E-state index is 12.9. The molecule has 1 heterocycles. The van der Waals surface area contributed by atoms with Crippen molar-refractivity contribution in [2.24, 2.45) is 5.92 Å². The van der Waals surface area contributed by atoms with Crippen molar-refractivity contribution in [3.05, 3.63) is 76.5 Å². The Kier molecular flexibility index (Phi) is 9.46. The number of esters is 1. The van der Waals surface area contributed by atoms with Crippen LogP contribution in [0.5, 0.6) is 11.5 Å². The zero-order valence-electron chi connectivity index (χ0n) is 23.9. The monoisotopic (exact) mass is 643 g/mol. The molecule has 0 radical (unpaired) electrons. The molecular formula is C31H34BrNO7S. The third-order valence-electron chi connectivity index (χ3n) is 6.58. The van der Waals surface area contributed by atoms with Gasteiger partial charge in [0.15, 0.2) is 0 Å². The van der Waals surface area contributed by atoms with Gasteiger partial charge in [-0.3, -0.25) is 4.79 Å². The molecule has 0 aliphatic rings. The molecule has 0 spiro atoms. The fraction of sp³-hybridized carbons (Fsp3) is 0.323. The molecule has 1 atom stereocenters. The van der Waals surface area contributed by atoms with Gasteiger partial charge in [-0.25, -0.2) is 8.42 Å². The lowest BCUT2D eigenvalue weighted by Crippen LogP contribution is -2.44. The number of carbonyl (C=O) groups is 1. The first-order valence-electron chi connectivity index (χ1n) is 13.2. The van der Waals surface area contributed by atoms with Crippen LogP contribution in [0, 0.1) is 12.8 Å². The van der Waals surface area contributed by atoms with Crippen molar-refractivity contribution in [1.29, 1.82) is 0 Å². The van der Waals surface area contributed by atoms with Gasteiger partial charge in [-0.15, -0.1) is 0 Å². The summed E-state index contributed by atoms with van der Waals surface area (Å²) in [5, 5.41) is 0.924. The Morgan fingerprint density at radius 3 is 2.12 bits per heavy atom. The molecule has 0 unspecified atom stereocenters. The van der Waals surface area contributed by atoms with E-state index in [9.17, 15) is 13.2 Å². The highest BCUT2D eigenvalue weighted by Gasteiger charge is 2.29. The number of carbonyl (C=O) groups excluding carboxylic acids is 1. The lowest BCUT2D eigenvalue weighted by molar-refractivity contribution is -0.143. The summed E-state index contributed by atoms with van der Waals surface area (Å²) in [5.41, 5.74) is 3.43. The zero-order valence-corrected chi connectivity index (χ0v) is 26.3. The highest BCUT2D eigenvalue weighted by atomic mass is 79.9. The summed E-state index contributed by atoms with van der Waals surface area (Å²) in [6, 6.07) is 16.8. The van der Waals surface area contributed by atoms with E-state index >= 15 is 0 Å². The van der Waals surface area contributed by atoms with Gasteiger partial charge in [0.1, 0.15) is 35.5 Å². The Hall–Kier alpha value is -3.34. The van der Waals surface area contributed by atoms with E-state index in [1.807, 2.05) is 57.2 Å². The Morgan fingerprint density at radius 2 is 1.56 bits per heavy atom. The molecule has 218 valence electrons. The van der Waals surface area contributed by atoms with Crippen LogP contribution in [0.25, 0.3) is 22.1 Å². The molecule has 41 heavy (non-hydrogen) atoms. The first-order chi connectivity index (χ1) is 19.4. The van der Waals surface area contributed by atoms with Gasteiger partial charge in [-0.2, -0.15) is 4.72 Å². The van der Waals surface area contributed by atoms with Crippen LogP contribution in [-0.2, 0) is 26.2 Å². The molecule has 10 heteroatoms. The summed E-state index contributed by atoms with van der Waals surface area (Å²) in [6.45, 7) is 9.70. The molecule has 0 saturated heterocycles. The normalized spacial score (nSPS) is 12.6. The number of fused-ring (bicyclic) bond motifs is 1. The Balaban J connectivity index is 1.45. The standard InChI is InChI=1S/C31H34BrNO7S/c1-18(2)29(31(34)37-6)33-41(35,36)24-13-9-22(10-14-24)21-7-11-23(12-8-21)38-17-27-20(5)28-26(40-27)16-15-25(32)30(28)39-19(3)4/h7-16,18-19,29,33H,17H2,1-6H3/t29-/m1/s1. The fourth-order valence-electron chi connectivity index (χ4n) is 4.35. The second-order valence-electron chi connectivity index (χ2n) is 10.3. The molecular weight excluding hydrogens is 610 g/mol. The Morgan fingerprint density at radius 1 is 0.951 bits per heavy atom. The fourth-order valence-corrected chi connectivity index (χ4v) is 6.11. The van der Waals surface area contributed by atoms with Crippen LogP contribution in [0.3, 0.4) is 0 Å². The van der Waals surface area contributed by atoms with Crippen molar-refractivity contribution >= 4 is 42.9 Å². The number of furan rings is 1. The van der Waals surface area contributed by atoms with Crippen molar-refractivity contribution in [1.82, 2.24) is 4.72 Å². The van der Waals surface area contributed by atoms with Crippen molar-refractivity contribution in [3.8, 4) is 22.6 Å². The Labute approximate surface area is 249 Å². The third kappa shape index (κ3) is 6.94. The number of rotatable bonds is 11. The number of hydrogen-bond acceptors (Lipinski definition) is 7. The van der Waals surface area contributed by atoms with Crippen molar-refractivity contribution in [2.45, 2.75) is 58.3 Å². The number of nitrogens with one attached hydrogen (secondary N) is 1. The molecule has 0 aliphatic heterocycles. The molecule has 4 aromatic rings. The largest absolute Gasteiger partial charge is 0.489 e. The van der Waals surface area contributed by atoms with Crippen LogP contribution >= 0.6 is 15.9 Å². The second kappa shape index (κ2) is 12.7. The van der Waals surface area contributed by atoms with E-state index in [4.69, 9.17) is 18.6 Å². The van der Waals surface area contributed by atoms with Gasteiger partial charge < -0.3 is 18.6 Å². The number of sulfonamides is 1. The lowest BCUT2D eigenvalue weighted by atomic mass is 10.1. The molecule has 1 N–H and O–H groups in total.